The van der Waals surface area contributed by atoms with Crippen LogP contribution in [0.1, 0.15) is 24.8 Å². The number of carbonyl (C=O) groups is 1. The Morgan fingerprint density at radius 2 is 2.33 bits per heavy atom. The van der Waals surface area contributed by atoms with Gasteiger partial charge in [-0.25, -0.2) is 4.79 Å². The second-order valence-electron chi connectivity index (χ2n) is 5.26. The van der Waals surface area contributed by atoms with Crippen LogP contribution >= 0.6 is 0 Å². The molecular formula is C15H16N2O4. The Labute approximate surface area is 121 Å². The normalized spacial score (nSPS) is 25.7. The highest BCUT2D eigenvalue weighted by Gasteiger charge is 2.41. The molecule has 1 N–H and O–H groups in total. The number of rotatable bonds is 3. The van der Waals surface area contributed by atoms with Gasteiger partial charge in [-0.05, 0) is 25.0 Å². The van der Waals surface area contributed by atoms with Crippen molar-refractivity contribution in [2.24, 2.45) is 5.92 Å². The zero-order chi connectivity index (χ0) is 15.0. The summed E-state index contributed by atoms with van der Waals surface area (Å²) in [4.78, 5) is 22.6. The van der Waals surface area contributed by atoms with Gasteiger partial charge in [-0.1, -0.05) is 12.2 Å². The SMILES string of the molecule is CCOC(=O)[C@H]1Nc2ccc([N+](=O)[O-])cc2[C@H]2C=CC[C@H]12. The van der Waals surface area contributed by atoms with E-state index < -0.39 is 11.0 Å². The second kappa shape index (κ2) is 5.20. The summed E-state index contributed by atoms with van der Waals surface area (Å²) in [7, 11) is 0. The standard InChI is InChI=1S/C15H16N2O4/c1-2-21-15(18)14-11-5-3-4-10(11)12-8-9(17(19)20)6-7-13(12)16-14/h3-4,6-8,10-11,14,16H,2,5H2,1H3/t10-,11-,14-/m0/s1. The van der Waals surface area contributed by atoms with E-state index >= 15 is 0 Å². The van der Waals surface area contributed by atoms with Gasteiger partial charge in [0.1, 0.15) is 6.04 Å². The molecule has 0 bridgehead atoms. The number of nitrogens with zero attached hydrogens (tertiary/aromatic N) is 1. The molecule has 0 aromatic heterocycles. The molecule has 3 rings (SSSR count). The van der Waals surface area contributed by atoms with Crippen LogP contribution in [0, 0.1) is 16.0 Å². The summed E-state index contributed by atoms with van der Waals surface area (Å²) in [5.74, 6) is -0.186. The number of fused-ring (bicyclic) bond motifs is 3. The van der Waals surface area contributed by atoms with Crippen molar-refractivity contribution in [1.82, 2.24) is 0 Å². The van der Waals surface area contributed by atoms with Crippen molar-refractivity contribution >= 4 is 17.3 Å². The summed E-state index contributed by atoms with van der Waals surface area (Å²) in [6.45, 7) is 2.12. The fraction of sp³-hybridized carbons (Fsp3) is 0.400. The van der Waals surface area contributed by atoms with Crippen LogP contribution in [-0.2, 0) is 9.53 Å². The average molecular weight is 288 g/mol. The topological polar surface area (TPSA) is 81.5 Å². The highest BCUT2D eigenvalue weighted by molar-refractivity contribution is 5.82. The summed E-state index contributed by atoms with van der Waals surface area (Å²) < 4.78 is 5.13. The zero-order valence-electron chi connectivity index (χ0n) is 11.6. The highest BCUT2D eigenvalue weighted by atomic mass is 16.6. The molecule has 6 nitrogen and oxygen atoms in total. The molecule has 21 heavy (non-hydrogen) atoms. The highest BCUT2D eigenvalue weighted by Crippen LogP contribution is 2.45. The number of esters is 1. The van der Waals surface area contributed by atoms with Crippen LogP contribution in [0.5, 0.6) is 0 Å². The number of ether oxygens (including phenoxy) is 1. The number of non-ortho nitro benzene ring substituents is 1. The van der Waals surface area contributed by atoms with Gasteiger partial charge in [-0.3, -0.25) is 10.1 Å². The number of benzene rings is 1. The Morgan fingerprint density at radius 1 is 1.52 bits per heavy atom. The molecule has 0 unspecified atom stereocenters. The zero-order valence-corrected chi connectivity index (χ0v) is 11.6. The first kappa shape index (κ1) is 13.6. The fourth-order valence-corrected chi connectivity index (χ4v) is 3.16. The smallest absolute Gasteiger partial charge is 0.328 e. The minimum Gasteiger partial charge on any atom is -0.464 e. The van der Waals surface area contributed by atoms with Crippen LogP contribution < -0.4 is 5.32 Å². The Hall–Kier alpha value is -2.37. The van der Waals surface area contributed by atoms with E-state index in [1.54, 1.807) is 19.1 Å². The number of anilines is 1. The summed E-state index contributed by atoms with van der Waals surface area (Å²) in [6.07, 6.45) is 4.82. The molecule has 0 saturated heterocycles. The number of allylic oxidation sites excluding steroid dienone is 2. The van der Waals surface area contributed by atoms with Gasteiger partial charge in [0, 0.05) is 29.7 Å². The number of nitrogens with one attached hydrogen (secondary N) is 1. The van der Waals surface area contributed by atoms with Crippen LogP contribution in [0.3, 0.4) is 0 Å². The molecule has 6 heteroatoms. The average Bonchev–Trinajstić information content (AvgIpc) is 2.95. The number of hydrogen-bond acceptors (Lipinski definition) is 5. The summed E-state index contributed by atoms with van der Waals surface area (Å²) in [5, 5.41) is 14.1. The third-order valence-electron chi connectivity index (χ3n) is 4.10. The maximum absolute atomic E-state index is 12.1. The van der Waals surface area contributed by atoms with Gasteiger partial charge < -0.3 is 10.1 Å². The Kier molecular flexibility index (Phi) is 3.37. The van der Waals surface area contributed by atoms with Crippen LogP contribution in [0.15, 0.2) is 30.4 Å². The van der Waals surface area contributed by atoms with Crippen LogP contribution in [0.4, 0.5) is 11.4 Å². The molecule has 1 aliphatic carbocycles. The van der Waals surface area contributed by atoms with E-state index in [9.17, 15) is 14.9 Å². The third kappa shape index (κ3) is 2.26. The Bertz CT molecular complexity index is 626. The Balaban J connectivity index is 1.98. The summed E-state index contributed by atoms with van der Waals surface area (Å²) in [5.41, 5.74) is 1.72. The molecular weight excluding hydrogens is 272 g/mol. The molecule has 1 aliphatic heterocycles. The molecule has 0 spiro atoms. The number of nitro groups is 1. The van der Waals surface area contributed by atoms with E-state index in [1.807, 2.05) is 12.2 Å². The molecule has 3 atom stereocenters. The van der Waals surface area contributed by atoms with Crippen LogP contribution in [0.2, 0.25) is 0 Å². The Morgan fingerprint density at radius 3 is 3.05 bits per heavy atom. The lowest BCUT2D eigenvalue weighted by atomic mass is 9.79. The lowest BCUT2D eigenvalue weighted by Gasteiger charge is -2.35. The maximum Gasteiger partial charge on any atom is 0.328 e. The van der Waals surface area contributed by atoms with Gasteiger partial charge in [-0.2, -0.15) is 0 Å². The minimum absolute atomic E-state index is 0.0237. The molecule has 0 saturated carbocycles. The van der Waals surface area contributed by atoms with Crippen molar-refractivity contribution in [3.63, 3.8) is 0 Å². The lowest BCUT2D eigenvalue weighted by molar-refractivity contribution is -0.384. The van der Waals surface area contributed by atoms with Crippen molar-refractivity contribution in [1.29, 1.82) is 0 Å². The van der Waals surface area contributed by atoms with E-state index in [-0.39, 0.29) is 23.5 Å². The van der Waals surface area contributed by atoms with Crippen molar-refractivity contribution in [2.45, 2.75) is 25.3 Å². The van der Waals surface area contributed by atoms with Gasteiger partial charge in [0.2, 0.25) is 0 Å². The van der Waals surface area contributed by atoms with Crippen LogP contribution in [-0.4, -0.2) is 23.5 Å². The predicted octanol–water partition coefficient (Wildman–Crippen LogP) is 2.61. The number of nitro benzene ring substituents is 1. The quantitative estimate of drug-likeness (QED) is 0.400. The molecule has 1 aromatic carbocycles. The van der Waals surface area contributed by atoms with Crippen LogP contribution in [0.25, 0.3) is 0 Å². The largest absolute Gasteiger partial charge is 0.464 e. The predicted molar refractivity (Wildman–Crippen MR) is 77.1 cm³/mol. The summed E-state index contributed by atoms with van der Waals surface area (Å²) >= 11 is 0. The van der Waals surface area contributed by atoms with E-state index in [4.69, 9.17) is 4.74 Å². The van der Waals surface area contributed by atoms with E-state index in [0.29, 0.717) is 6.61 Å². The first-order valence-electron chi connectivity index (χ1n) is 7.00. The molecule has 110 valence electrons. The fourth-order valence-electron chi connectivity index (χ4n) is 3.16. The molecule has 2 aliphatic rings. The third-order valence-corrected chi connectivity index (χ3v) is 4.10. The van der Waals surface area contributed by atoms with Crippen molar-refractivity contribution in [3.8, 4) is 0 Å². The van der Waals surface area contributed by atoms with Crippen molar-refractivity contribution in [2.75, 3.05) is 11.9 Å². The monoisotopic (exact) mass is 288 g/mol. The van der Waals surface area contributed by atoms with Gasteiger partial charge in [0.25, 0.3) is 5.69 Å². The van der Waals surface area contributed by atoms with Crippen molar-refractivity contribution < 1.29 is 14.5 Å². The molecule has 0 amide bonds. The van der Waals surface area contributed by atoms with E-state index in [1.165, 1.54) is 6.07 Å². The van der Waals surface area contributed by atoms with E-state index in [2.05, 4.69) is 5.32 Å². The first-order chi connectivity index (χ1) is 10.1. The van der Waals surface area contributed by atoms with Gasteiger partial charge in [0.05, 0.1) is 11.5 Å². The van der Waals surface area contributed by atoms with Crippen molar-refractivity contribution in [3.05, 3.63) is 46.0 Å². The minimum atomic E-state index is -0.404. The number of carbonyl (C=O) groups excluding carboxylic acids is 1. The van der Waals surface area contributed by atoms with Gasteiger partial charge in [0.15, 0.2) is 0 Å². The van der Waals surface area contributed by atoms with Gasteiger partial charge in [-0.15, -0.1) is 0 Å². The lowest BCUT2D eigenvalue weighted by Crippen LogP contribution is -2.42. The first-order valence-corrected chi connectivity index (χ1v) is 7.00. The maximum atomic E-state index is 12.1. The van der Waals surface area contributed by atoms with Gasteiger partial charge >= 0.3 is 5.97 Å². The molecule has 0 radical (unpaired) electrons. The molecule has 0 fully saturated rings. The molecule has 1 aromatic rings. The number of hydrogen-bond donors (Lipinski definition) is 1. The van der Waals surface area contributed by atoms with E-state index in [0.717, 1.165) is 17.7 Å². The summed E-state index contributed by atoms with van der Waals surface area (Å²) in [6, 6.07) is 4.31. The second-order valence-corrected chi connectivity index (χ2v) is 5.26. The molecule has 1 heterocycles.